The third-order valence-corrected chi connectivity index (χ3v) is 3.57. The van der Waals surface area contributed by atoms with Crippen LogP contribution >= 0.6 is 0 Å². The minimum atomic E-state index is 0.362. The molecule has 0 fully saturated rings. The van der Waals surface area contributed by atoms with Gasteiger partial charge in [0.1, 0.15) is 12.4 Å². The molecule has 7 heteroatoms. The molecule has 3 rings (SSSR count). The Morgan fingerprint density at radius 1 is 1.20 bits per heavy atom. The average molecular weight is 345 g/mol. The van der Waals surface area contributed by atoms with Gasteiger partial charge in [-0.1, -0.05) is 0 Å². The molecule has 2 heterocycles. The third-order valence-electron chi connectivity index (χ3n) is 3.57. The Labute approximate surface area is 146 Å². The van der Waals surface area contributed by atoms with E-state index in [2.05, 4.69) is 10.3 Å². The Kier molecular flexibility index (Phi) is 6.17. The summed E-state index contributed by atoms with van der Waals surface area (Å²) in [7, 11) is 0. The zero-order chi connectivity index (χ0) is 17.3. The van der Waals surface area contributed by atoms with E-state index in [9.17, 15) is 0 Å². The van der Waals surface area contributed by atoms with Crippen molar-refractivity contribution in [3.8, 4) is 11.5 Å². The molecule has 134 valence electrons. The van der Waals surface area contributed by atoms with Gasteiger partial charge in [0, 0.05) is 31.3 Å². The average Bonchev–Trinajstić information content (AvgIpc) is 3.02. The van der Waals surface area contributed by atoms with Crippen molar-refractivity contribution >= 4 is 11.6 Å². The van der Waals surface area contributed by atoms with Crippen molar-refractivity contribution in [1.29, 1.82) is 0 Å². The fraction of sp³-hybridized carbons (Fsp3) is 0.389. The number of nitrogens with two attached hydrogens (primary N) is 1. The summed E-state index contributed by atoms with van der Waals surface area (Å²) in [5.41, 5.74) is 6.73. The van der Waals surface area contributed by atoms with E-state index in [1.54, 1.807) is 6.26 Å². The lowest BCUT2D eigenvalue weighted by Gasteiger charge is -2.10. The molecule has 2 aromatic rings. The van der Waals surface area contributed by atoms with Crippen LogP contribution in [0.25, 0.3) is 0 Å². The topological polar surface area (TPSA) is 91.2 Å². The van der Waals surface area contributed by atoms with Gasteiger partial charge < -0.3 is 29.7 Å². The first kappa shape index (κ1) is 17.2. The molecule has 1 aliphatic rings. The molecule has 0 aliphatic carbocycles. The molecule has 3 N–H and O–H groups in total. The van der Waals surface area contributed by atoms with E-state index in [1.165, 1.54) is 0 Å². The van der Waals surface area contributed by atoms with Crippen LogP contribution in [0.15, 0.2) is 46.0 Å². The summed E-state index contributed by atoms with van der Waals surface area (Å²) in [4.78, 5) is 4.29. The molecule has 7 nitrogen and oxygen atoms in total. The molecule has 0 atom stereocenters. The Balaban J connectivity index is 1.40. The summed E-state index contributed by atoms with van der Waals surface area (Å²) in [5.74, 6) is 2.66. The maximum Gasteiger partial charge on any atom is 0.193 e. The van der Waals surface area contributed by atoms with Crippen LogP contribution in [-0.2, 0) is 11.3 Å². The van der Waals surface area contributed by atoms with Crippen LogP contribution in [0.5, 0.6) is 11.5 Å². The van der Waals surface area contributed by atoms with Gasteiger partial charge in [-0.2, -0.15) is 0 Å². The van der Waals surface area contributed by atoms with E-state index >= 15 is 0 Å². The second-order valence-corrected chi connectivity index (χ2v) is 5.59. The number of hydrogen-bond acceptors (Lipinski definition) is 5. The first-order valence-corrected chi connectivity index (χ1v) is 8.38. The van der Waals surface area contributed by atoms with Crippen LogP contribution in [0.2, 0.25) is 0 Å². The molecule has 0 bridgehead atoms. The standard InChI is InChI=1S/C18H23N3O4/c19-18(20-7-2-8-22-13-15-4-1-9-23-15)21-14-5-6-16-17(12-14)25-11-3-10-24-16/h1,4-6,9,12H,2-3,7-8,10-11,13H2,(H3,19,20,21). The van der Waals surface area contributed by atoms with Crippen molar-refractivity contribution in [3.05, 3.63) is 42.4 Å². The summed E-state index contributed by atoms with van der Waals surface area (Å²) in [6.07, 6.45) is 3.29. The van der Waals surface area contributed by atoms with Gasteiger partial charge in [-0.05, 0) is 30.7 Å². The zero-order valence-corrected chi connectivity index (χ0v) is 14.1. The molecular weight excluding hydrogens is 322 g/mol. The Morgan fingerprint density at radius 3 is 2.92 bits per heavy atom. The highest BCUT2D eigenvalue weighted by Gasteiger charge is 2.10. The zero-order valence-electron chi connectivity index (χ0n) is 14.1. The molecule has 0 saturated carbocycles. The second-order valence-electron chi connectivity index (χ2n) is 5.59. The number of rotatable bonds is 7. The largest absolute Gasteiger partial charge is 0.490 e. The lowest BCUT2D eigenvalue weighted by atomic mass is 10.3. The second kappa shape index (κ2) is 8.98. The van der Waals surface area contributed by atoms with Gasteiger partial charge in [-0.25, -0.2) is 0 Å². The Hall–Kier alpha value is -2.67. The molecule has 0 amide bonds. The fourth-order valence-corrected chi connectivity index (χ4v) is 2.36. The SMILES string of the molecule is NC(=NCCCOCc1ccco1)Nc1ccc2c(c1)OCCCO2. The molecule has 1 aromatic heterocycles. The number of nitrogens with zero attached hydrogens (tertiary/aromatic N) is 1. The number of fused-ring (bicyclic) bond motifs is 1. The Bertz CT molecular complexity index is 686. The summed E-state index contributed by atoms with van der Waals surface area (Å²) < 4.78 is 21.9. The number of guanidine groups is 1. The van der Waals surface area contributed by atoms with E-state index in [4.69, 9.17) is 24.4 Å². The quantitative estimate of drug-likeness (QED) is 0.455. The van der Waals surface area contributed by atoms with Crippen LogP contribution in [-0.4, -0.2) is 32.3 Å². The number of benzene rings is 1. The van der Waals surface area contributed by atoms with Gasteiger partial charge in [0.2, 0.25) is 0 Å². The first-order chi connectivity index (χ1) is 12.3. The van der Waals surface area contributed by atoms with E-state index in [0.717, 1.165) is 35.8 Å². The van der Waals surface area contributed by atoms with Gasteiger partial charge in [-0.3, -0.25) is 4.99 Å². The smallest absolute Gasteiger partial charge is 0.193 e. The van der Waals surface area contributed by atoms with Gasteiger partial charge in [0.25, 0.3) is 0 Å². The maximum absolute atomic E-state index is 5.92. The highest BCUT2D eigenvalue weighted by molar-refractivity contribution is 5.92. The number of furan rings is 1. The molecular formula is C18H23N3O4. The van der Waals surface area contributed by atoms with Crippen molar-refractivity contribution in [2.75, 3.05) is 31.7 Å². The number of ether oxygens (including phenoxy) is 3. The minimum Gasteiger partial charge on any atom is -0.490 e. The van der Waals surface area contributed by atoms with E-state index < -0.39 is 0 Å². The number of hydrogen-bond donors (Lipinski definition) is 2. The van der Waals surface area contributed by atoms with Gasteiger partial charge in [0.05, 0.1) is 19.5 Å². The highest BCUT2D eigenvalue weighted by Crippen LogP contribution is 2.32. The van der Waals surface area contributed by atoms with E-state index in [1.807, 2.05) is 30.3 Å². The number of nitrogens with one attached hydrogen (secondary N) is 1. The van der Waals surface area contributed by atoms with Crippen LogP contribution in [0.3, 0.4) is 0 Å². The molecule has 0 radical (unpaired) electrons. The molecule has 0 saturated heterocycles. The maximum atomic E-state index is 5.92. The van der Waals surface area contributed by atoms with Crippen LogP contribution in [0.4, 0.5) is 5.69 Å². The summed E-state index contributed by atoms with van der Waals surface area (Å²) in [5, 5.41) is 3.06. The van der Waals surface area contributed by atoms with E-state index in [0.29, 0.717) is 38.9 Å². The highest BCUT2D eigenvalue weighted by atomic mass is 16.5. The summed E-state index contributed by atoms with van der Waals surface area (Å²) in [6.45, 7) is 2.98. The van der Waals surface area contributed by atoms with Gasteiger partial charge >= 0.3 is 0 Å². The van der Waals surface area contributed by atoms with Gasteiger partial charge in [0.15, 0.2) is 17.5 Å². The number of aliphatic imine (C=N–C) groups is 1. The van der Waals surface area contributed by atoms with Gasteiger partial charge in [-0.15, -0.1) is 0 Å². The first-order valence-electron chi connectivity index (χ1n) is 8.38. The number of anilines is 1. The fourth-order valence-electron chi connectivity index (χ4n) is 2.36. The van der Waals surface area contributed by atoms with Crippen molar-refractivity contribution < 1.29 is 18.6 Å². The van der Waals surface area contributed by atoms with Crippen molar-refractivity contribution in [3.63, 3.8) is 0 Å². The molecule has 0 spiro atoms. The van der Waals surface area contributed by atoms with Crippen molar-refractivity contribution in [2.24, 2.45) is 10.7 Å². The summed E-state index contributed by atoms with van der Waals surface area (Å²) >= 11 is 0. The van der Waals surface area contributed by atoms with Crippen molar-refractivity contribution in [2.45, 2.75) is 19.4 Å². The Morgan fingerprint density at radius 2 is 2.08 bits per heavy atom. The van der Waals surface area contributed by atoms with Crippen LogP contribution in [0.1, 0.15) is 18.6 Å². The van der Waals surface area contributed by atoms with E-state index in [-0.39, 0.29) is 0 Å². The van der Waals surface area contributed by atoms with Crippen molar-refractivity contribution in [1.82, 2.24) is 0 Å². The normalized spacial score (nSPS) is 14.2. The monoisotopic (exact) mass is 345 g/mol. The third kappa shape index (κ3) is 5.42. The lowest BCUT2D eigenvalue weighted by molar-refractivity contribution is 0.105. The summed E-state index contributed by atoms with van der Waals surface area (Å²) in [6, 6.07) is 9.36. The predicted octanol–water partition coefficient (Wildman–Crippen LogP) is 2.77. The molecule has 1 aromatic carbocycles. The van der Waals surface area contributed by atoms with Crippen LogP contribution in [0, 0.1) is 0 Å². The van der Waals surface area contributed by atoms with Crippen LogP contribution < -0.4 is 20.5 Å². The lowest BCUT2D eigenvalue weighted by Crippen LogP contribution is -2.23. The molecule has 1 aliphatic heterocycles. The minimum absolute atomic E-state index is 0.362. The molecule has 25 heavy (non-hydrogen) atoms. The molecule has 0 unspecified atom stereocenters. The predicted molar refractivity (Wildman–Crippen MR) is 95.1 cm³/mol.